The van der Waals surface area contributed by atoms with Gasteiger partial charge in [0.25, 0.3) is 5.91 Å². The Bertz CT molecular complexity index is 508. The molecule has 104 valence electrons. The number of carbonyl (C=O) groups is 2. The van der Waals surface area contributed by atoms with Gasteiger partial charge in [-0.15, -0.1) is 0 Å². The van der Waals surface area contributed by atoms with Crippen molar-refractivity contribution >= 4 is 11.9 Å². The lowest BCUT2D eigenvalue weighted by atomic mass is 10.0. The summed E-state index contributed by atoms with van der Waals surface area (Å²) in [6.45, 7) is 4.77. The van der Waals surface area contributed by atoms with Gasteiger partial charge in [-0.25, -0.2) is 4.79 Å². The molecule has 1 N–H and O–H groups in total. The maximum Gasteiger partial charge on any atom is 0.329 e. The van der Waals surface area contributed by atoms with Crippen LogP contribution in [0.5, 0.6) is 5.75 Å². The summed E-state index contributed by atoms with van der Waals surface area (Å²) in [5, 5.41) is 9.15. The van der Waals surface area contributed by atoms with Crippen LogP contribution in [0.25, 0.3) is 0 Å². The molecule has 0 atom stereocenters. The number of amides is 1. The number of nitrogens with zero attached hydrogens (tertiary/aromatic N) is 1. The summed E-state index contributed by atoms with van der Waals surface area (Å²) in [5.74, 6) is -0.712. The maximum atomic E-state index is 12.3. The molecule has 1 aromatic rings. The molecule has 0 heterocycles. The lowest BCUT2D eigenvalue weighted by Gasteiger charge is -2.32. The second kappa shape index (κ2) is 5.30. The zero-order valence-corrected chi connectivity index (χ0v) is 11.9. The lowest BCUT2D eigenvalue weighted by Crippen LogP contribution is -2.50. The highest BCUT2D eigenvalue weighted by Crippen LogP contribution is 2.21. The van der Waals surface area contributed by atoms with Crippen molar-refractivity contribution in [1.29, 1.82) is 0 Å². The first-order chi connectivity index (χ1) is 8.71. The minimum Gasteiger partial charge on any atom is -0.497 e. The Balaban J connectivity index is 3.11. The highest BCUT2D eigenvalue weighted by molar-refractivity contribution is 5.98. The molecule has 19 heavy (non-hydrogen) atoms. The molecule has 0 radical (unpaired) electrons. The van der Waals surface area contributed by atoms with Crippen LogP contribution in [0.15, 0.2) is 18.2 Å². The average Bonchev–Trinajstić information content (AvgIpc) is 2.36. The smallest absolute Gasteiger partial charge is 0.329 e. The number of carbonyl (C=O) groups excluding carboxylic acids is 1. The van der Waals surface area contributed by atoms with E-state index < -0.39 is 11.5 Å². The second-order valence-electron chi connectivity index (χ2n) is 4.91. The molecule has 0 spiro atoms. The number of benzene rings is 1. The van der Waals surface area contributed by atoms with Crippen LogP contribution < -0.4 is 4.74 Å². The van der Waals surface area contributed by atoms with Crippen LogP contribution in [0.4, 0.5) is 0 Å². The van der Waals surface area contributed by atoms with Crippen molar-refractivity contribution in [1.82, 2.24) is 4.90 Å². The van der Waals surface area contributed by atoms with Crippen LogP contribution >= 0.6 is 0 Å². The second-order valence-corrected chi connectivity index (χ2v) is 4.91. The molecular formula is C14H19NO4. The van der Waals surface area contributed by atoms with Gasteiger partial charge in [-0.2, -0.15) is 0 Å². The fraction of sp³-hybridized carbons (Fsp3) is 0.429. The van der Waals surface area contributed by atoms with E-state index in [4.69, 9.17) is 9.84 Å². The van der Waals surface area contributed by atoms with Gasteiger partial charge in [0.2, 0.25) is 0 Å². The molecule has 0 aliphatic carbocycles. The van der Waals surface area contributed by atoms with Gasteiger partial charge in [0.15, 0.2) is 0 Å². The molecule has 1 aromatic carbocycles. The van der Waals surface area contributed by atoms with Crippen molar-refractivity contribution in [3.63, 3.8) is 0 Å². The summed E-state index contributed by atoms with van der Waals surface area (Å²) in [6, 6.07) is 5.07. The van der Waals surface area contributed by atoms with Crippen LogP contribution in [0.2, 0.25) is 0 Å². The Labute approximate surface area is 112 Å². The van der Waals surface area contributed by atoms with E-state index in [1.54, 1.807) is 32.2 Å². The largest absolute Gasteiger partial charge is 0.497 e. The minimum absolute atomic E-state index is 0.326. The van der Waals surface area contributed by atoms with Gasteiger partial charge in [-0.1, -0.05) is 0 Å². The zero-order valence-electron chi connectivity index (χ0n) is 11.9. The number of hydrogen-bond donors (Lipinski definition) is 1. The van der Waals surface area contributed by atoms with E-state index in [2.05, 4.69) is 0 Å². The standard InChI is InChI=1S/C14H19NO4/c1-9-8-10(19-5)6-7-11(9)12(16)15(4)14(2,3)13(17)18/h6-8H,1-5H3,(H,17,18). The molecule has 0 aromatic heterocycles. The van der Waals surface area contributed by atoms with Gasteiger partial charge in [0.1, 0.15) is 11.3 Å². The molecule has 0 aliphatic rings. The molecule has 0 saturated carbocycles. The van der Waals surface area contributed by atoms with Crippen LogP contribution in [0, 0.1) is 6.92 Å². The van der Waals surface area contributed by atoms with Gasteiger partial charge in [0.05, 0.1) is 7.11 Å². The summed E-state index contributed by atoms with van der Waals surface area (Å²) < 4.78 is 5.08. The number of carboxylic acid groups (broad SMARTS) is 1. The number of likely N-dealkylation sites (N-methyl/N-ethyl adjacent to an activating group) is 1. The van der Waals surface area contributed by atoms with Crippen molar-refractivity contribution < 1.29 is 19.4 Å². The molecule has 1 rings (SSSR count). The summed E-state index contributed by atoms with van der Waals surface area (Å²) in [5.41, 5.74) is -0.0429. The number of carboxylic acids is 1. The molecule has 0 saturated heterocycles. The predicted octanol–water partition coefficient (Wildman–Crippen LogP) is 1.94. The highest BCUT2D eigenvalue weighted by atomic mass is 16.5. The normalized spacial score (nSPS) is 11.0. The van der Waals surface area contributed by atoms with Gasteiger partial charge in [-0.3, -0.25) is 4.79 Å². The van der Waals surface area contributed by atoms with Crippen LogP contribution in [0.3, 0.4) is 0 Å². The number of aryl methyl sites for hydroxylation is 1. The Hall–Kier alpha value is -2.04. The van der Waals surface area contributed by atoms with Gasteiger partial charge < -0.3 is 14.7 Å². The molecule has 0 bridgehead atoms. The number of methoxy groups -OCH3 is 1. The summed E-state index contributed by atoms with van der Waals surface area (Å²) in [6.07, 6.45) is 0. The summed E-state index contributed by atoms with van der Waals surface area (Å²) in [4.78, 5) is 24.7. The minimum atomic E-state index is -1.26. The lowest BCUT2D eigenvalue weighted by molar-refractivity contribution is -0.147. The summed E-state index contributed by atoms with van der Waals surface area (Å²) in [7, 11) is 3.04. The quantitative estimate of drug-likeness (QED) is 0.903. The topological polar surface area (TPSA) is 66.8 Å². The fourth-order valence-corrected chi connectivity index (χ4v) is 1.58. The molecule has 0 unspecified atom stereocenters. The third-order valence-corrected chi connectivity index (χ3v) is 3.33. The van der Waals surface area contributed by atoms with E-state index >= 15 is 0 Å². The Morgan fingerprint density at radius 3 is 2.32 bits per heavy atom. The Morgan fingerprint density at radius 1 is 1.32 bits per heavy atom. The first-order valence-corrected chi connectivity index (χ1v) is 5.88. The first kappa shape index (κ1) is 15.0. The van der Waals surface area contributed by atoms with E-state index in [1.807, 2.05) is 0 Å². The van der Waals surface area contributed by atoms with Crippen molar-refractivity contribution in [3.8, 4) is 5.75 Å². The average molecular weight is 265 g/mol. The van der Waals surface area contributed by atoms with Crippen LogP contribution in [0.1, 0.15) is 29.8 Å². The fourth-order valence-electron chi connectivity index (χ4n) is 1.58. The van der Waals surface area contributed by atoms with E-state index in [0.29, 0.717) is 11.3 Å². The summed E-state index contributed by atoms with van der Waals surface area (Å²) >= 11 is 0. The molecule has 0 fully saturated rings. The number of rotatable bonds is 4. The number of hydrogen-bond acceptors (Lipinski definition) is 3. The van der Waals surface area contributed by atoms with Crippen molar-refractivity contribution in [2.75, 3.05) is 14.2 Å². The third-order valence-electron chi connectivity index (χ3n) is 3.33. The van der Waals surface area contributed by atoms with Crippen molar-refractivity contribution in [3.05, 3.63) is 29.3 Å². The van der Waals surface area contributed by atoms with Gasteiger partial charge in [-0.05, 0) is 44.5 Å². The molecule has 5 nitrogen and oxygen atoms in total. The molecular weight excluding hydrogens is 246 g/mol. The van der Waals surface area contributed by atoms with E-state index in [9.17, 15) is 9.59 Å². The van der Waals surface area contributed by atoms with E-state index in [1.165, 1.54) is 25.8 Å². The van der Waals surface area contributed by atoms with Crippen molar-refractivity contribution in [2.45, 2.75) is 26.3 Å². The monoisotopic (exact) mass is 265 g/mol. The number of aliphatic carboxylic acids is 1. The zero-order chi connectivity index (χ0) is 14.8. The van der Waals surface area contributed by atoms with E-state index in [-0.39, 0.29) is 5.91 Å². The SMILES string of the molecule is COc1ccc(C(=O)N(C)C(C)(C)C(=O)O)c(C)c1. The van der Waals surface area contributed by atoms with Gasteiger partial charge in [0, 0.05) is 12.6 Å². The Kier molecular flexibility index (Phi) is 4.19. The number of ether oxygens (including phenoxy) is 1. The van der Waals surface area contributed by atoms with Crippen LogP contribution in [-0.4, -0.2) is 41.6 Å². The van der Waals surface area contributed by atoms with Crippen molar-refractivity contribution in [2.24, 2.45) is 0 Å². The van der Waals surface area contributed by atoms with Gasteiger partial charge >= 0.3 is 5.97 Å². The van der Waals surface area contributed by atoms with E-state index in [0.717, 1.165) is 5.56 Å². The highest BCUT2D eigenvalue weighted by Gasteiger charge is 2.35. The maximum absolute atomic E-state index is 12.3. The predicted molar refractivity (Wildman–Crippen MR) is 71.5 cm³/mol. The third kappa shape index (κ3) is 2.86. The first-order valence-electron chi connectivity index (χ1n) is 5.88. The molecule has 5 heteroatoms. The Morgan fingerprint density at radius 2 is 1.89 bits per heavy atom. The molecule has 1 amide bonds. The van der Waals surface area contributed by atoms with Crippen LogP contribution in [-0.2, 0) is 4.79 Å². The molecule has 0 aliphatic heterocycles.